The first kappa shape index (κ1) is 15.9. The molecule has 1 fully saturated rings. The first-order valence-corrected chi connectivity index (χ1v) is 8.12. The molecular weight excluding hydrogens is 290 g/mol. The molecule has 2 rings (SSSR count). The molecule has 1 saturated heterocycles. The Bertz CT molecular complexity index is 495. The van der Waals surface area contributed by atoms with Gasteiger partial charge in [0.05, 0.1) is 30.5 Å². The summed E-state index contributed by atoms with van der Waals surface area (Å²) < 4.78 is 5.08. The molecule has 6 nitrogen and oxygen atoms in total. The molecule has 2 N–H and O–H groups in total. The SMILES string of the molecule is CCOC(=O)C1CC[NH+](Cc2cnc(NC(C)=O)s2)CC1. The van der Waals surface area contributed by atoms with Crippen LogP contribution in [0.2, 0.25) is 0 Å². The Kier molecular flexibility index (Phi) is 5.69. The van der Waals surface area contributed by atoms with Crippen LogP contribution in [0.5, 0.6) is 0 Å². The number of likely N-dealkylation sites (tertiary alicyclic amines) is 1. The van der Waals surface area contributed by atoms with E-state index in [1.165, 1.54) is 23.2 Å². The minimum Gasteiger partial charge on any atom is -0.466 e. The fraction of sp³-hybridized carbons (Fsp3) is 0.643. The van der Waals surface area contributed by atoms with Crippen molar-refractivity contribution < 1.29 is 19.2 Å². The van der Waals surface area contributed by atoms with Gasteiger partial charge in [0, 0.05) is 26.0 Å². The zero-order valence-electron chi connectivity index (χ0n) is 12.5. The van der Waals surface area contributed by atoms with E-state index >= 15 is 0 Å². The summed E-state index contributed by atoms with van der Waals surface area (Å²) >= 11 is 1.51. The van der Waals surface area contributed by atoms with Crippen LogP contribution >= 0.6 is 11.3 Å². The van der Waals surface area contributed by atoms with Crippen LogP contribution in [0, 0.1) is 5.92 Å². The van der Waals surface area contributed by atoms with Gasteiger partial charge in [-0.05, 0) is 6.92 Å². The number of esters is 1. The Morgan fingerprint density at radius 2 is 2.19 bits per heavy atom. The van der Waals surface area contributed by atoms with Crippen molar-refractivity contribution in [3.63, 3.8) is 0 Å². The average molecular weight is 312 g/mol. The Balaban J connectivity index is 1.79. The van der Waals surface area contributed by atoms with Gasteiger partial charge in [-0.25, -0.2) is 4.98 Å². The second-order valence-electron chi connectivity index (χ2n) is 5.27. The molecule has 21 heavy (non-hydrogen) atoms. The highest BCUT2D eigenvalue weighted by Gasteiger charge is 2.28. The fourth-order valence-corrected chi connectivity index (χ4v) is 3.47. The average Bonchev–Trinajstić information content (AvgIpc) is 2.86. The van der Waals surface area contributed by atoms with Gasteiger partial charge < -0.3 is 15.0 Å². The number of carbonyl (C=O) groups is 2. The highest BCUT2D eigenvalue weighted by Crippen LogP contribution is 2.18. The predicted octanol–water partition coefficient (Wildman–Crippen LogP) is 0.460. The molecule has 2 heterocycles. The van der Waals surface area contributed by atoms with Gasteiger partial charge in [-0.2, -0.15) is 0 Å². The van der Waals surface area contributed by atoms with E-state index in [4.69, 9.17) is 4.74 Å². The molecule has 0 saturated carbocycles. The monoisotopic (exact) mass is 312 g/mol. The highest BCUT2D eigenvalue weighted by molar-refractivity contribution is 7.15. The number of aromatic nitrogens is 1. The molecule has 0 atom stereocenters. The fourth-order valence-electron chi connectivity index (χ4n) is 2.54. The molecule has 116 valence electrons. The van der Waals surface area contributed by atoms with E-state index in [-0.39, 0.29) is 17.8 Å². The van der Waals surface area contributed by atoms with Gasteiger partial charge in [0.25, 0.3) is 0 Å². The zero-order chi connectivity index (χ0) is 15.2. The van der Waals surface area contributed by atoms with E-state index in [1.54, 1.807) is 0 Å². The topological polar surface area (TPSA) is 72.7 Å². The Labute approximate surface area is 128 Å². The molecule has 7 heteroatoms. The Morgan fingerprint density at radius 3 is 2.81 bits per heavy atom. The molecule has 0 bridgehead atoms. The normalized spacial score (nSPS) is 21.8. The number of hydrogen-bond donors (Lipinski definition) is 2. The van der Waals surface area contributed by atoms with E-state index < -0.39 is 0 Å². The first-order valence-electron chi connectivity index (χ1n) is 7.31. The van der Waals surface area contributed by atoms with Gasteiger partial charge in [0.15, 0.2) is 5.13 Å². The summed E-state index contributed by atoms with van der Waals surface area (Å²) in [4.78, 5) is 29.5. The number of piperidine rings is 1. The van der Waals surface area contributed by atoms with Gasteiger partial charge in [0.2, 0.25) is 5.91 Å². The maximum absolute atomic E-state index is 11.7. The van der Waals surface area contributed by atoms with Crippen molar-refractivity contribution >= 4 is 28.3 Å². The molecule has 1 aromatic rings. The summed E-state index contributed by atoms with van der Waals surface area (Å²) in [5.41, 5.74) is 0. The number of nitrogens with one attached hydrogen (secondary N) is 2. The van der Waals surface area contributed by atoms with Crippen molar-refractivity contribution in [1.29, 1.82) is 0 Å². The molecule has 0 radical (unpaired) electrons. The molecule has 1 amide bonds. The van der Waals surface area contributed by atoms with Crippen LogP contribution in [-0.4, -0.2) is 36.6 Å². The molecule has 1 aromatic heterocycles. The summed E-state index contributed by atoms with van der Waals surface area (Å²) in [7, 11) is 0. The van der Waals surface area contributed by atoms with Gasteiger partial charge in [0.1, 0.15) is 6.54 Å². The number of hydrogen-bond acceptors (Lipinski definition) is 5. The first-order chi connectivity index (χ1) is 10.1. The third-order valence-electron chi connectivity index (χ3n) is 3.57. The van der Waals surface area contributed by atoms with Crippen LogP contribution in [0.25, 0.3) is 0 Å². The van der Waals surface area contributed by atoms with Crippen LogP contribution in [0.3, 0.4) is 0 Å². The summed E-state index contributed by atoms with van der Waals surface area (Å²) in [6.45, 7) is 6.61. The number of nitrogens with zero attached hydrogens (tertiary/aromatic N) is 1. The lowest BCUT2D eigenvalue weighted by atomic mass is 9.97. The number of anilines is 1. The van der Waals surface area contributed by atoms with Gasteiger partial charge in [-0.3, -0.25) is 9.59 Å². The van der Waals surface area contributed by atoms with Crippen LogP contribution in [-0.2, 0) is 20.9 Å². The van der Waals surface area contributed by atoms with Crippen molar-refractivity contribution in [3.8, 4) is 0 Å². The lowest BCUT2D eigenvalue weighted by molar-refractivity contribution is -0.919. The molecule has 1 aliphatic heterocycles. The maximum Gasteiger partial charge on any atom is 0.309 e. The highest BCUT2D eigenvalue weighted by atomic mass is 32.1. The molecule has 1 aliphatic rings. The Morgan fingerprint density at radius 1 is 1.48 bits per heavy atom. The second kappa shape index (κ2) is 7.51. The number of carbonyl (C=O) groups excluding carboxylic acids is 2. The standard InChI is InChI=1S/C14H21N3O3S/c1-3-20-13(19)11-4-6-17(7-5-11)9-12-8-15-14(21-12)16-10(2)18/h8,11H,3-7,9H2,1-2H3,(H,15,16,18)/p+1. The largest absolute Gasteiger partial charge is 0.466 e. The van der Waals surface area contributed by atoms with Crippen LogP contribution in [0.15, 0.2) is 6.20 Å². The van der Waals surface area contributed by atoms with Crippen molar-refractivity contribution in [3.05, 3.63) is 11.1 Å². The number of amides is 1. The van der Waals surface area contributed by atoms with E-state index in [1.807, 2.05) is 13.1 Å². The van der Waals surface area contributed by atoms with Crippen molar-refractivity contribution in [2.75, 3.05) is 25.0 Å². The number of rotatable bonds is 5. The van der Waals surface area contributed by atoms with Crippen LogP contribution < -0.4 is 10.2 Å². The third kappa shape index (κ3) is 4.78. The summed E-state index contributed by atoms with van der Waals surface area (Å²) in [5.74, 6) is -0.0918. The van der Waals surface area contributed by atoms with E-state index in [2.05, 4.69) is 10.3 Å². The van der Waals surface area contributed by atoms with Crippen molar-refractivity contribution in [2.45, 2.75) is 33.2 Å². The van der Waals surface area contributed by atoms with Gasteiger partial charge in [-0.15, -0.1) is 0 Å². The molecular formula is C14H22N3O3S+. The summed E-state index contributed by atoms with van der Waals surface area (Å²) in [6, 6.07) is 0. The minimum absolute atomic E-state index is 0.0534. The minimum atomic E-state index is -0.0986. The molecule has 0 spiro atoms. The maximum atomic E-state index is 11.7. The predicted molar refractivity (Wildman–Crippen MR) is 80.2 cm³/mol. The van der Waals surface area contributed by atoms with Crippen LogP contribution in [0.1, 0.15) is 31.6 Å². The second-order valence-corrected chi connectivity index (χ2v) is 6.38. The molecule has 0 aromatic carbocycles. The number of ether oxygens (including phenoxy) is 1. The number of thiazole rings is 1. The summed E-state index contributed by atoms with van der Waals surface area (Å²) in [5, 5.41) is 3.35. The number of quaternary nitrogens is 1. The van der Waals surface area contributed by atoms with Gasteiger partial charge >= 0.3 is 5.97 Å². The smallest absolute Gasteiger partial charge is 0.309 e. The lowest BCUT2D eigenvalue weighted by Crippen LogP contribution is -3.11. The van der Waals surface area contributed by atoms with E-state index in [9.17, 15) is 9.59 Å². The Hall–Kier alpha value is -1.47. The quantitative estimate of drug-likeness (QED) is 0.775. The van der Waals surface area contributed by atoms with E-state index in [0.717, 1.165) is 37.4 Å². The lowest BCUT2D eigenvalue weighted by Gasteiger charge is -2.27. The van der Waals surface area contributed by atoms with E-state index in [0.29, 0.717) is 11.7 Å². The van der Waals surface area contributed by atoms with Crippen molar-refractivity contribution in [2.24, 2.45) is 5.92 Å². The summed E-state index contributed by atoms with van der Waals surface area (Å²) in [6.07, 6.45) is 3.58. The molecule has 0 unspecified atom stereocenters. The van der Waals surface area contributed by atoms with Crippen molar-refractivity contribution in [1.82, 2.24) is 4.98 Å². The third-order valence-corrected chi connectivity index (χ3v) is 4.49. The van der Waals surface area contributed by atoms with Crippen LogP contribution in [0.4, 0.5) is 5.13 Å². The zero-order valence-corrected chi connectivity index (χ0v) is 13.3. The van der Waals surface area contributed by atoms with Gasteiger partial charge in [-0.1, -0.05) is 11.3 Å². The molecule has 0 aliphatic carbocycles.